The number of aliphatic imine (C=N–C) groups is 1. The minimum Gasteiger partial charge on any atom is -0.506 e. The maximum absolute atomic E-state index is 10.2. The molecule has 2 heterocycles. The van der Waals surface area contributed by atoms with E-state index in [0.717, 1.165) is 39.2 Å². The van der Waals surface area contributed by atoms with Gasteiger partial charge in [0.25, 0.3) is 0 Å². The fourth-order valence-corrected chi connectivity index (χ4v) is 5.28. The number of aromatic hydroxyl groups is 1. The van der Waals surface area contributed by atoms with Crippen molar-refractivity contribution in [1.29, 1.82) is 0 Å². The zero-order chi connectivity index (χ0) is 21.5. The molecule has 30 heavy (non-hydrogen) atoms. The molecular formula is C22H20Br2N2O3S. The predicted octanol–water partition coefficient (Wildman–Crippen LogP) is 6.90. The molecule has 1 aromatic heterocycles. The van der Waals surface area contributed by atoms with E-state index >= 15 is 0 Å². The Morgan fingerprint density at radius 2 is 2.10 bits per heavy atom. The molecular weight excluding hydrogens is 532 g/mol. The van der Waals surface area contributed by atoms with Gasteiger partial charge in [0, 0.05) is 39.2 Å². The lowest BCUT2D eigenvalue weighted by molar-refractivity contribution is 0.132. The zero-order valence-corrected chi connectivity index (χ0v) is 20.7. The van der Waals surface area contributed by atoms with E-state index in [2.05, 4.69) is 61.8 Å². The van der Waals surface area contributed by atoms with Crippen LogP contribution in [0.1, 0.15) is 31.9 Å². The molecule has 8 heteroatoms. The number of fused-ring (bicyclic) bond motifs is 1. The summed E-state index contributed by atoms with van der Waals surface area (Å²) in [6.07, 6.45) is 2.43. The van der Waals surface area contributed by atoms with Crippen LogP contribution >= 0.6 is 43.2 Å². The predicted molar refractivity (Wildman–Crippen MR) is 128 cm³/mol. The Morgan fingerprint density at radius 3 is 2.87 bits per heavy atom. The fraction of sp³-hybridized carbons (Fsp3) is 0.273. The molecule has 0 bridgehead atoms. The number of halogens is 2. The third kappa shape index (κ3) is 4.40. The molecule has 0 spiro atoms. The maximum atomic E-state index is 10.2. The van der Waals surface area contributed by atoms with E-state index in [-0.39, 0.29) is 11.4 Å². The van der Waals surface area contributed by atoms with Crippen molar-refractivity contribution in [1.82, 2.24) is 4.98 Å². The van der Waals surface area contributed by atoms with Gasteiger partial charge in [-0.15, -0.1) is 11.3 Å². The van der Waals surface area contributed by atoms with E-state index in [0.29, 0.717) is 21.8 Å². The van der Waals surface area contributed by atoms with Crippen LogP contribution in [0, 0.1) is 0 Å². The first-order chi connectivity index (χ1) is 14.3. The van der Waals surface area contributed by atoms with Crippen LogP contribution < -0.4 is 9.47 Å². The van der Waals surface area contributed by atoms with Gasteiger partial charge >= 0.3 is 0 Å². The van der Waals surface area contributed by atoms with Gasteiger partial charge in [-0.3, -0.25) is 0 Å². The summed E-state index contributed by atoms with van der Waals surface area (Å²) in [6.45, 7) is 6.68. The summed E-state index contributed by atoms with van der Waals surface area (Å²) < 4.78 is 13.4. The summed E-state index contributed by atoms with van der Waals surface area (Å²) in [6, 6.07) is 7.67. The van der Waals surface area contributed by atoms with E-state index in [4.69, 9.17) is 9.47 Å². The van der Waals surface area contributed by atoms with Gasteiger partial charge in [-0.25, -0.2) is 9.98 Å². The first-order valence-corrected chi connectivity index (χ1v) is 11.9. The smallest absolute Gasteiger partial charge is 0.209 e. The number of nitrogens with zero attached hydrogens (tertiary/aromatic N) is 2. The Bertz CT molecular complexity index is 1140. The number of hydrogen-bond donors (Lipinski definition) is 1. The quantitative estimate of drug-likeness (QED) is 0.350. The molecule has 0 radical (unpaired) electrons. The van der Waals surface area contributed by atoms with Crippen LogP contribution in [0.2, 0.25) is 0 Å². The molecule has 0 fully saturated rings. The molecule has 1 N–H and O–H groups in total. The van der Waals surface area contributed by atoms with Crippen LogP contribution in [0.15, 0.2) is 43.6 Å². The highest BCUT2D eigenvalue weighted by molar-refractivity contribution is 9.11. The van der Waals surface area contributed by atoms with Gasteiger partial charge in [-0.1, -0.05) is 15.9 Å². The minimum atomic E-state index is -0.245. The average Bonchev–Trinajstić information content (AvgIpc) is 3.26. The van der Waals surface area contributed by atoms with Crippen LogP contribution in [-0.2, 0) is 6.42 Å². The SMILES string of the molecule is CCOc1cc(-c2csc(/N=C/c3cc(Br)cc(Br)c3O)n2)cc2c1OC(C)(C)C2. The second-order valence-corrected chi connectivity index (χ2v) is 10.1. The number of aromatic nitrogens is 1. The number of rotatable bonds is 5. The summed E-state index contributed by atoms with van der Waals surface area (Å²) in [5.41, 5.74) is 3.29. The van der Waals surface area contributed by atoms with E-state index in [1.165, 1.54) is 11.3 Å². The van der Waals surface area contributed by atoms with Crippen molar-refractivity contribution in [2.24, 2.45) is 4.99 Å². The Hall–Kier alpha value is -1.90. The monoisotopic (exact) mass is 550 g/mol. The highest BCUT2D eigenvalue weighted by atomic mass is 79.9. The summed E-state index contributed by atoms with van der Waals surface area (Å²) in [4.78, 5) is 9.10. The van der Waals surface area contributed by atoms with Crippen molar-refractivity contribution in [2.45, 2.75) is 32.8 Å². The molecule has 0 unspecified atom stereocenters. The first-order valence-electron chi connectivity index (χ1n) is 9.42. The average molecular weight is 552 g/mol. The van der Waals surface area contributed by atoms with E-state index in [9.17, 15) is 5.11 Å². The van der Waals surface area contributed by atoms with Crippen molar-refractivity contribution in [3.8, 4) is 28.5 Å². The molecule has 5 nitrogen and oxygen atoms in total. The van der Waals surface area contributed by atoms with Crippen LogP contribution in [0.4, 0.5) is 5.13 Å². The number of thiazole rings is 1. The van der Waals surface area contributed by atoms with Crippen LogP contribution in [0.3, 0.4) is 0 Å². The second kappa shape index (κ2) is 8.32. The number of benzene rings is 2. The molecule has 3 aromatic rings. The van der Waals surface area contributed by atoms with Gasteiger partial charge in [-0.2, -0.15) is 0 Å². The normalized spacial score (nSPS) is 14.7. The van der Waals surface area contributed by atoms with E-state index in [1.807, 2.05) is 18.4 Å². The van der Waals surface area contributed by atoms with Crippen molar-refractivity contribution >= 4 is 54.5 Å². The first kappa shape index (κ1) is 21.3. The van der Waals surface area contributed by atoms with Crippen LogP contribution in [0.5, 0.6) is 17.2 Å². The zero-order valence-electron chi connectivity index (χ0n) is 16.7. The molecule has 4 rings (SSSR count). The van der Waals surface area contributed by atoms with Crippen LogP contribution in [0.25, 0.3) is 11.3 Å². The van der Waals surface area contributed by atoms with Crippen molar-refractivity contribution in [3.63, 3.8) is 0 Å². The number of hydrogen-bond acceptors (Lipinski definition) is 6. The van der Waals surface area contributed by atoms with Gasteiger partial charge in [-0.05, 0) is 61.0 Å². The summed E-state index contributed by atoms with van der Waals surface area (Å²) in [5, 5.41) is 12.8. The van der Waals surface area contributed by atoms with Gasteiger partial charge < -0.3 is 14.6 Å². The molecule has 2 aromatic carbocycles. The van der Waals surface area contributed by atoms with E-state index < -0.39 is 0 Å². The summed E-state index contributed by atoms with van der Waals surface area (Å²) >= 11 is 8.20. The highest BCUT2D eigenvalue weighted by Gasteiger charge is 2.33. The maximum Gasteiger partial charge on any atom is 0.209 e. The molecule has 0 saturated carbocycles. The molecule has 0 atom stereocenters. The van der Waals surface area contributed by atoms with Crippen molar-refractivity contribution in [2.75, 3.05) is 6.61 Å². The molecule has 0 aliphatic carbocycles. The second-order valence-electron chi connectivity index (χ2n) is 7.53. The van der Waals surface area contributed by atoms with Crippen molar-refractivity contribution in [3.05, 3.63) is 49.7 Å². The highest BCUT2D eigenvalue weighted by Crippen LogP contribution is 2.45. The minimum absolute atomic E-state index is 0.140. The van der Waals surface area contributed by atoms with Crippen LogP contribution in [-0.4, -0.2) is 28.5 Å². The number of ether oxygens (including phenoxy) is 2. The topological polar surface area (TPSA) is 63.9 Å². The molecule has 156 valence electrons. The van der Waals surface area contributed by atoms with Crippen molar-refractivity contribution < 1.29 is 14.6 Å². The Labute approximate surface area is 196 Å². The molecule has 1 aliphatic rings. The third-order valence-electron chi connectivity index (χ3n) is 4.59. The Balaban J connectivity index is 1.64. The largest absolute Gasteiger partial charge is 0.506 e. The van der Waals surface area contributed by atoms with E-state index in [1.54, 1.807) is 18.3 Å². The van der Waals surface area contributed by atoms with Gasteiger partial charge in [0.1, 0.15) is 11.4 Å². The van der Waals surface area contributed by atoms with Gasteiger partial charge in [0.05, 0.1) is 16.8 Å². The Morgan fingerprint density at radius 1 is 1.30 bits per heavy atom. The Kier molecular flexibility index (Phi) is 5.92. The molecule has 1 aliphatic heterocycles. The number of phenols is 1. The van der Waals surface area contributed by atoms with Gasteiger partial charge in [0.2, 0.25) is 5.13 Å². The fourth-order valence-electron chi connectivity index (χ4n) is 3.35. The lowest BCUT2D eigenvalue weighted by Gasteiger charge is -2.18. The summed E-state index contributed by atoms with van der Waals surface area (Å²) in [7, 11) is 0. The molecule has 0 saturated heterocycles. The van der Waals surface area contributed by atoms with Gasteiger partial charge in [0.15, 0.2) is 11.5 Å². The third-order valence-corrected chi connectivity index (χ3v) is 6.40. The summed E-state index contributed by atoms with van der Waals surface area (Å²) in [5.74, 6) is 1.72. The lowest BCUT2D eigenvalue weighted by atomic mass is 9.99. The number of phenolic OH excluding ortho intramolecular Hbond substituents is 1. The standard InChI is InChI=1S/C22H20Br2N2O3S/c1-4-28-18-7-12(5-13-9-22(2,3)29-20(13)18)17-11-30-21(26-17)25-10-14-6-15(23)8-16(24)19(14)27/h5-8,10-11,27H,4,9H2,1-3H3/b25-10+. The molecule has 0 amide bonds. The lowest BCUT2D eigenvalue weighted by Crippen LogP contribution is -2.24.